The Balaban J connectivity index is 2.85. The molecule has 0 rings (SSSR count). The average molecular weight is 153 g/mol. The van der Waals surface area contributed by atoms with Gasteiger partial charge in [-0.05, 0) is 0 Å². The van der Waals surface area contributed by atoms with Gasteiger partial charge in [0, 0.05) is 0 Å². The predicted molar refractivity (Wildman–Crippen MR) is 15.5 cm³/mol. The van der Waals surface area contributed by atoms with Crippen molar-refractivity contribution in [3.8, 4) is 0 Å². The van der Waals surface area contributed by atoms with E-state index in [1.165, 1.54) is 0 Å². The van der Waals surface area contributed by atoms with Crippen molar-refractivity contribution in [3.63, 3.8) is 0 Å². The molecular formula is C3H5MoO. The molecule has 0 atom stereocenters. The van der Waals surface area contributed by atoms with Crippen molar-refractivity contribution in [2.75, 3.05) is 0 Å². The van der Waals surface area contributed by atoms with E-state index in [9.17, 15) is 4.79 Å². The van der Waals surface area contributed by atoms with E-state index in [0.717, 1.165) is 0 Å². The number of carbonyl (C=O) groups is 1. The zero-order valence-electron chi connectivity index (χ0n) is 3.02. The maximum absolute atomic E-state index is 9.82. The molecule has 2 heteroatoms. The molecule has 0 aromatic rings. The third-order valence-electron chi connectivity index (χ3n) is 0.203. The van der Waals surface area contributed by atoms with Gasteiger partial charge in [-0.15, -0.1) is 0 Å². The molecule has 0 N–H and O–H groups in total. The van der Waals surface area contributed by atoms with Gasteiger partial charge in [0.05, 0.1) is 0 Å². The molecule has 0 aliphatic carbocycles. The average Bonchev–Trinajstić information content (AvgIpc) is 1.38. The Morgan fingerprint density at radius 3 is 2.20 bits per heavy atom. The molecule has 0 spiro atoms. The molecule has 0 unspecified atom stereocenters. The number of rotatable bonds is 1. The van der Waals surface area contributed by atoms with E-state index < -0.39 is 0 Å². The summed E-state index contributed by atoms with van der Waals surface area (Å²) >= 11 is 1.79. The molecule has 0 amide bonds. The van der Waals surface area contributed by atoms with Crippen LogP contribution in [0.15, 0.2) is 0 Å². The second-order valence-electron chi connectivity index (χ2n) is 0.846. The third kappa shape index (κ3) is 4.36. The van der Waals surface area contributed by atoms with Crippen LogP contribution in [0.4, 0.5) is 0 Å². The van der Waals surface area contributed by atoms with Crippen LogP contribution in [0.2, 0.25) is 4.81 Å². The minimum absolute atomic E-state index is 0.259. The van der Waals surface area contributed by atoms with Gasteiger partial charge >= 0.3 is 42.1 Å². The molecule has 29 valence electrons. The normalized spacial score (nSPS) is 7.40. The molecule has 0 saturated heterocycles. The summed E-state index contributed by atoms with van der Waals surface area (Å²) in [4.78, 5) is 10.5. The SMILES string of the molecule is CC(=O)[CH2][Mo]. The van der Waals surface area contributed by atoms with E-state index in [2.05, 4.69) is 0 Å². The van der Waals surface area contributed by atoms with E-state index in [-0.39, 0.29) is 5.78 Å². The summed E-state index contributed by atoms with van der Waals surface area (Å²) < 4.78 is 0. The Morgan fingerprint density at radius 1 is 2.00 bits per heavy atom. The van der Waals surface area contributed by atoms with Crippen LogP contribution in [0.3, 0.4) is 0 Å². The van der Waals surface area contributed by atoms with Crippen molar-refractivity contribution in [2.45, 2.75) is 11.7 Å². The van der Waals surface area contributed by atoms with Crippen molar-refractivity contribution in [2.24, 2.45) is 0 Å². The van der Waals surface area contributed by atoms with E-state index in [4.69, 9.17) is 0 Å². The molecule has 5 heavy (non-hydrogen) atoms. The Hall–Kier alpha value is 0.358. The van der Waals surface area contributed by atoms with Gasteiger partial charge in [0.2, 0.25) is 0 Å². The first-order valence-electron chi connectivity index (χ1n) is 1.35. The van der Waals surface area contributed by atoms with Crippen LogP contribution in [0.5, 0.6) is 0 Å². The predicted octanol–water partition coefficient (Wildman–Crippen LogP) is 0.540. The van der Waals surface area contributed by atoms with Gasteiger partial charge in [0.1, 0.15) is 0 Å². The zero-order valence-corrected chi connectivity index (χ0v) is 5.03. The summed E-state index contributed by atoms with van der Waals surface area (Å²) in [6.07, 6.45) is 0. The summed E-state index contributed by atoms with van der Waals surface area (Å²) in [5.74, 6) is 0.259. The molecule has 0 radical (unpaired) electrons. The van der Waals surface area contributed by atoms with Gasteiger partial charge in [-0.25, -0.2) is 0 Å². The third-order valence-corrected chi connectivity index (χ3v) is 1.20. The van der Waals surface area contributed by atoms with Crippen molar-refractivity contribution in [3.05, 3.63) is 0 Å². The number of Topliss-reactive ketones (excluding diaryl/α,β-unsaturated/α-hetero) is 1. The van der Waals surface area contributed by atoms with Crippen molar-refractivity contribution in [1.82, 2.24) is 0 Å². The molecule has 0 saturated carbocycles. The van der Waals surface area contributed by atoms with Crippen LogP contribution in [-0.4, -0.2) is 5.78 Å². The quantitative estimate of drug-likeness (QED) is 0.502. The van der Waals surface area contributed by atoms with Crippen LogP contribution >= 0.6 is 0 Å². The van der Waals surface area contributed by atoms with Gasteiger partial charge in [0.25, 0.3) is 0 Å². The van der Waals surface area contributed by atoms with Crippen molar-refractivity contribution >= 4 is 5.78 Å². The van der Waals surface area contributed by atoms with Crippen LogP contribution in [0, 0.1) is 0 Å². The molecule has 1 nitrogen and oxygen atoms in total. The number of hydrogen-bond donors (Lipinski definition) is 0. The molecule has 0 heterocycles. The van der Waals surface area contributed by atoms with E-state index in [1.807, 2.05) is 0 Å². The van der Waals surface area contributed by atoms with Crippen LogP contribution < -0.4 is 0 Å². The first-order valence-corrected chi connectivity index (χ1v) is 2.77. The fraction of sp³-hybridized carbons (Fsp3) is 0.667. The van der Waals surface area contributed by atoms with Gasteiger partial charge < -0.3 is 0 Å². The van der Waals surface area contributed by atoms with Crippen LogP contribution in [0.25, 0.3) is 0 Å². The van der Waals surface area contributed by atoms with Crippen molar-refractivity contribution < 1.29 is 24.6 Å². The Bertz CT molecular complexity index is 42.2. The summed E-state index contributed by atoms with van der Waals surface area (Å²) in [6.45, 7) is 1.59. The fourth-order valence-corrected chi connectivity index (χ4v) is 0. The second kappa shape index (κ2) is 2.59. The van der Waals surface area contributed by atoms with Gasteiger partial charge in [-0.1, -0.05) is 0 Å². The molecule has 0 aromatic carbocycles. The first-order chi connectivity index (χ1) is 2.27. The summed E-state index contributed by atoms with van der Waals surface area (Å²) in [5, 5.41) is 0. The molecule has 0 aliphatic rings. The molecule has 0 aromatic heterocycles. The number of hydrogen-bond acceptors (Lipinski definition) is 1. The molecule has 0 bridgehead atoms. The topological polar surface area (TPSA) is 17.1 Å². The standard InChI is InChI=1S/C3H5O.Mo/c1-3(2)4;/h1H2,2H3;. The van der Waals surface area contributed by atoms with E-state index >= 15 is 0 Å². The van der Waals surface area contributed by atoms with Gasteiger partial charge in [-0.3, -0.25) is 0 Å². The number of carbonyl (C=O) groups excluding carboxylic acids is 1. The summed E-state index contributed by atoms with van der Waals surface area (Å²) in [7, 11) is 0. The van der Waals surface area contributed by atoms with Crippen molar-refractivity contribution in [1.29, 1.82) is 0 Å². The fourth-order valence-electron chi connectivity index (χ4n) is 0. The minimum atomic E-state index is 0.259. The second-order valence-corrected chi connectivity index (χ2v) is 1.56. The van der Waals surface area contributed by atoms with Crippen LogP contribution in [0.1, 0.15) is 6.92 Å². The maximum atomic E-state index is 9.82. The zero-order chi connectivity index (χ0) is 4.28. The summed E-state index contributed by atoms with van der Waals surface area (Å²) in [5.41, 5.74) is 0. The Morgan fingerprint density at radius 2 is 2.20 bits per heavy atom. The Labute approximate surface area is 42.7 Å². The van der Waals surface area contributed by atoms with Gasteiger partial charge in [-0.2, -0.15) is 0 Å². The van der Waals surface area contributed by atoms with Gasteiger partial charge in [0.15, 0.2) is 0 Å². The van der Waals surface area contributed by atoms with Crippen LogP contribution in [-0.2, 0) is 24.6 Å². The van der Waals surface area contributed by atoms with E-state index in [1.54, 1.807) is 26.7 Å². The van der Waals surface area contributed by atoms with E-state index in [0.29, 0.717) is 4.81 Å². The monoisotopic (exact) mass is 155 g/mol. The molecule has 0 aliphatic heterocycles. The first kappa shape index (κ1) is 5.36. The molecular weight excluding hydrogens is 148 g/mol. The number of ketones is 1. The summed E-state index contributed by atoms with van der Waals surface area (Å²) in [6, 6.07) is 0. The Kier molecular flexibility index (Phi) is 2.77. The molecule has 0 fully saturated rings.